The predicted molar refractivity (Wildman–Crippen MR) is 87.9 cm³/mol. The van der Waals surface area contributed by atoms with E-state index in [1.165, 1.54) is 0 Å². The molecular formula is C16H28N2O4S. The maximum absolute atomic E-state index is 12.4. The molecule has 1 unspecified atom stereocenters. The average molecular weight is 344 g/mol. The van der Waals surface area contributed by atoms with Crippen LogP contribution in [0.5, 0.6) is 0 Å². The molecule has 3 rings (SSSR count). The molecule has 7 heteroatoms. The van der Waals surface area contributed by atoms with Crippen molar-refractivity contribution in [2.45, 2.75) is 56.2 Å². The summed E-state index contributed by atoms with van der Waals surface area (Å²) in [6.45, 7) is 2.38. The summed E-state index contributed by atoms with van der Waals surface area (Å²) in [6.07, 6.45) is 6.48. The highest BCUT2D eigenvalue weighted by Crippen LogP contribution is 2.37. The third kappa shape index (κ3) is 3.72. The van der Waals surface area contributed by atoms with E-state index in [0.717, 1.165) is 44.9 Å². The number of sulfone groups is 1. The summed E-state index contributed by atoms with van der Waals surface area (Å²) < 4.78 is 30.3. The fourth-order valence-corrected chi connectivity index (χ4v) is 6.02. The smallest absolute Gasteiger partial charge is 0.237 e. The molecule has 2 saturated heterocycles. The van der Waals surface area contributed by atoms with Gasteiger partial charge in [0.25, 0.3) is 0 Å². The Morgan fingerprint density at radius 2 is 1.87 bits per heavy atom. The Morgan fingerprint density at radius 3 is 2.57 bits per heavy atom. The molecule has 132 valence electrons. The molecule has 0 aromatic heterocycles. The summed E-state index contributed by atoms with van der Waals surface area (Å²) in [5.74, 6) is 0.135. The minimum atomic E-state index is -3.05. The lowest BCUT2D eigenvalue weighted by Crippen LogP contribution is -2.50. The number of carbonyl (C=O) groups is 1. The van der Waals surface area contributed by atoms with Crippen molar-refractivity contribution < 1.29 is 17.9 Å². The van der Waals surface area contributed by atoms with Gasteiger partial charge in [-0.3, -0.25) is 4.79 Å². The van der Waals surface area contributed by atoms with Gasteiger partial charge in [0.15, 0.2) is 9.84 Å². The third-order valence-electron chi connectivity index (χ3n) is 5.77. The molecule has 0 bridgehead atoms. The van der Waals surface area contributed by atoms with Gasteiger partial charge in [0.2, 0.25) is 5.91 Å². The second-order valence-corrected chi connectivity index (χ2v) is 9.61. The summed E-state index contributed by atoms with van der Waals surface area (Å²) in [4.78, 5) is 12.1. The lowest BCUT2D eigenvalue weighted by Gasteiger charge is -2.37. The summed E-state index contributed by atoms with van der Waals surface area (Å²) >= 11 is 0. The van der Waals surface area contributed by atoms with Crippen LogP contribution in [0.4, 0.5) is 0 Å². The maximum atomic E-state index is 12.4. The minimum absolute atomic E-state index is 0.00182. The van der Waals surface area contributed by atoms with E-state index in [-0.39, 0.29) is 28.4 Å². The Labute approximate surface area is 138 Å². The van der Waals surface area contributed by atoms with Crippen molar-refractivity contribution >= 4 is 15.7 Å². The van der Waals surface area contributed by atoms with E-state index in [1.54, 1.807) is 0 Å². The molecule has 1 saturated carbocycles. The first-order valence-electron chi connectivity index (χ1n) is 8.84. The predicted octanol–water partition coefficient (Wildman–Crippen LogP) is 0.619. The Kier molecular flexibility index (Phi) is 5.28. The standard InChI is InChI=1S/C16H28N2O4S/c19-15-14(16(12-18-15)6-9-22-10-7-16)17-8-11-23(20,21)13-4-2-1-3-5-13/h13-14,17H,1-12H2,(H,18,19). The largest absolute Gasteiger partial charge is 0.381 e. The van der Waals surface area contributed by atoms with Crippen LogP contribution in [-0.2, 0) is 19.4 Å². The number of hydrogen-bond acceptors (Lipinski definition) is 5. The monoisotopic (exact) mass is 344 g/mol. The Balaban J connectivity index is 1.55. The SMILES string of the molecule is O=C1NCC2(CCOCC2)C1NCCS(=O)(=O)C1CCCCC1. The maximum Gasteiger partial charge on any atom is 0.237 e. The molecule has 0 radical (unpaired) electrons. The van der Waals surface area contributed by atoms with Gasteiger partial charge in [0.1, 0.15) is 0 Å². The van der Waals surface area contributed by atoms with E-state index in [0.29, 0.717) is 26.3 Å². The van der Waals surface area contributed by atoms with Gasteiger partial charge in [0, 0.05) is 31.7 Å². The molecule has 1 spiro atoms. The van der Waals surface area contributed by atoms with E-state index in [9.17, 15) is 13.2 Å². The first-order chi connectivity index (χ1) is 11.0. The lowest BCUT2D eigenvalue weighted by molar-refractivity contribution is -0.122. The van der Waals surface area contributed by atoms with Crippen LogP contribution in [0, 0.1) is 5.41 Å². The molecule has 1 amide bonds. The Morgan fingerprint density at radius 1 is 1.17 bits per heavy atom. The van der Waals surface area contributed by atoms with Crippen LogP contribution in [0.25, 0.3) is 0 Å². The van der Waals surface area contributed by atoms with Gasteiger partial charge in [-0.1, -0.05) is 19.3 Å². The molecule has 2 N–H and O–H groups in total. The normalized spacial score (nSPS) is 28.9. The summed E-state index contributed by atoms with van der Waals surface area (Å²) in [5, 5.41) is 6.00. The number of nitrogens with one attached hydrogen (secondary N) is 2. The van der Waals surface area contributed by atoms with Crippen molar-refractivity contribution in [1.82, 2.24) is 10.6 Å². The average Bonchev–Trinajstić information content (AvgIpc) is 2.86. The first kappa shape index (κ1) is 17.2. The number of amides is 1. The van der Waals surface area contributed by atoms with Crippen LogP contribution in [0.1, 0.15) is 44.9 Å². The lowest BCUT2D eigenvalue weighted by atomic mass is 9.76. The zero-order valence-electron chi connectivity index (χ0n) is 13.7. The van der Waals surface area contributed by atoms with Crippen LogP contribution in [0.15, 0.2) is 0 Å². The number of rotatable bonds is 5. The third-order valence-corrected chi connectivity index (χ3v) is 8.03. The van der Waals surface area contributed by atoms with Gasteiger partial charge < -0.3 is 15.4 Å². The number of carbonyl (C=O) groups excluding carboxylic acids is 1. The number of ether oxygens (including phenoxy) is 1. The van der Waals surface area contributed by atoms with Crippen molar-refractivity contribution in [3.8, 4) is 0 Å². The summed E-state index contributed by atoms with van der Waals surface area (Å²) in [5.41, 5.74) is -0.107. The summed E-state index contributed by atoms with van der Waals surface area (Å²) in [6, 6.07) is -0.284. The van der Waals surface area contributed by atoms with E-state index in [1.807, 2.05) is 0 Å². The van der Waals surface area contributed by atoms with Crippen molar-refractivity contribution in [1.29, 1.82) is 0 Å². The van der Waals surface area contributed by atoms with Gasteiger partial charge in [-0.2, -0.15) is 0 Å². The van der Waals surface area contributed by atoms with Crippen LogP contribution < -0.4 is 10.6 Å². The molecular weight excluding hydrogens is 316 g/mol. The molecule has 2 aliphatic heterocycles. The van der Waals surface area contributed by atoms with Gasteiger partial charge in [-0.05, 0) is 25.7 Å². The second-order valence-electron chi connectivity index (χ2n) is 7.21. The van der Waals surface area contributed by atoms with Gasteiger partial charge in [0.05, 0.1) is 17.0 Å². The fourth-order valence-electron chi connectivity index (χ4n) is 4.23. The molecule has 2 heterocycles. The minimum Gasteiger partial charge on any atom is -0.381 e. The molecule has 3 aliphatic rings. The quantitative estimate of drug-likeness (QED) is 0.764. The highest BCUT2D eigenvalue weighted by Gasteiger charge is 2.48. The Bertz CT molecular complexity index is 522. The van der Waals surface area contributed by atoms with E-state index in [4.69, 9.17) is 4.74 Å². The zero-order chi connectivity index (χ0) is 16.3. The molecule has 1 atom stereocenters. The first-order valence-corrected chi connectivity index (χ1v) is 10.6. The van der Waals surface area contributed by atoms with Crippen LogP contribution >= 0.6 is 0 Å². The molecule has 6 nitrogen and oxygen atoms in total. The summed E-state index contributed by atoms with van der Waals surface area (Å²) in [7, 11) is -3.05. The Hall–Kier alpha value is -0.660. The molecule has 3 fully saturated rings. The van der Waals surface area contributed by atoms with Crippen molar-refractivity contribution in [3.63, 3.8) is 0 Å². The highest BCUT2D eigenvalue weighted by atomic mass is 32.2. The van der Waals surface area contributed by atoms with Crippen LogP contribution in [-0.4, -0.2) is 57.7 Å². The molecule has 0 aromatic carbocycles. The van der Waals surface area contributed by atoms with E-state index < -0.39 is 9.84 Å². The van der Waals surface area contributed by atoms with Crippen LogP contribution in [0.3, 0.4) is 0 Å². The second kappa shape index (κ2) is 7.07. The molecule has 23 heavy (non-hydrogen) atoms. The van der Waals surface area contributed by atoms with Gasteiger partial charge >= 0.3 is 0 Å². The van der Waals surface area contributed by atoms with Gasteiger partial charge in [-0.15, -0.1) is 0 Å². The zero-order valence-corrected chi connectivity index (χ0v) is 14.5. The molecule has 0 aromatic rings. The van der Waals surface area contributed by atoms with E-state index >= 15 is 0 Å². The van der Waals surface area contributed by atoms with Crippen molar-refractivity contribution in [2.24, 2.45) is 5.41 Å². The fraction of sp³-hybridized carbons (Fsp3) is 0.938. The van der Waals surface area contributed by atoms with Crippen molar-refractivity contribution in [2.75, 3.05) is 32.1 Å². The van der Waals surface area contributed by atoms with Crippen molar-refractivity contribution in [3.05, 3.63) is 0 Å². The topological polar surface area (TPSA) is 84.5 Å². The van der Waals surface area contributed by atoms with E-state index in [2.05, 4.69) is 10.6 Å². The van der Waals surface area contributed by atoms with Gasteiger partial charge in [-0.25, -0.2) is 8.42 Å². The van der Waals surface area contributed by atoms with Crippen LogP contribution in [0.2, 0.25) is 0 Å². The highest BCUT2D eigenvalue weighted by molar-refractivity contribution is 7.92. The molecule has 1 aliphatic carbocycles. The number of hydrogen-bond donors (Lipinski definition) is 2.